The molecule has 2 aromatic carbocycles. The monoisotopic (exact) mass is 392 g/mol. The van der Waals surface area contributed by atoms with Gasteiger partial charge in [0.15, 0.2) is 11.5 Å². The third-order valence-electron chi connectivity index (χ3n) is 5.18. The summed E-state index contributed by atoms with van der Waals surface area (Å²) in [7, 11) is 3.22. The van der Waals surface area contributed by atoms with Gasteiger partial charge >= 0.3 is 5.69 Å². The molecular formula is C23H24N2O4. The summed E-state index contributed by atoms with van der Waals surface area (Å²) < 4.78 is 18.6. The third kappa shape index (κ3) is 3.58. The fourth-order valence-corrected chi connectivity index (χ4v) is 3.77. The van der Waals surface area contributed by atoms with E-state index in [1.54, 1.807) is 18.8 Å². The second-order valence-corrected chi connectivity index (χ2v) is 6.99. The van der Waals surface area contributed by atoms with Gasteiger partial charge in [-0.3, -0.25) is 4.57 Å². The molecular weight excluding hydrogens is 368 g/mol. The number of aryl methyl sites for hydroxylation is 2. The van der Waals surface area contributed by atoms with Crippen molar-refractivity contribution in [1.82, 2.24) is 9.55 Å². The summed E-state index contributed by atoms with van der Waals surface area (Å²) in [4.78, 5) is 16.9. The normalized spacial score (nSPS) is 12.1. The Morgan fingerprint density at radius 3 is 2.55 bits per heavy atom. The van der Waals surface area contributed by atoms with Crippen LogP contribution in [0.3, 0.4) is 0 Å². The fraction of sp³-hybridized carbons (Fsp3) is 0.304. The molecule has 150 valence electrons. The molecule has 6 nitrogen and oxygen atoms in total. The molecule has 29 heavy (non-hydrogen) atoms. The standard InChI is InChI=1S/C23H24N2O4/c1-4-7-15-8-5-6-9-19(15)29-22-14-18-17-13-21(28-3)20(27-2)12-16(17)10-11-25(18)23(26)24-22/h5-6,8-9,12-14H,4,7,10-11H2,1-3H3. The Morgan fingerprint density at radius 1 is 1.03 bits per heavy atom. The highest BCUT2D eigenvalue weighted by atomic mass is 16.5. The minimum absolute atomic E-state index is 0.299. The number of hydrogen-bond acceptors (Lipinski definition) is 5. The van der Waals surface area contributed by atoms with Gasteiger partial charge in [-0.1, -0.05) is 31.5 Å². The second kappa shape index (κ2) is 7.99. The molecule has 1 aromatic heterocycles. The zero-order chi connectivity index (χ0) is 20.4. The number of hydrogen-bond donors (Lipinski definition) is 0. The molecule has 2 heterocycles. The molecule has 0 saturated carbocycles. The van der Waals surface area contributed by atoms with E-state index in [9.17, 15) is 4.79 Å². The van der Waals surface area contributed by atoms with E-state index in [-0.39, 0.29) is 5.69 Å². The van der Waals surface area contributed by atoms with E-state index < -0.39 is 0 Å². The molecule has 4 rings (SSSR count). The van der Waals surface area contributed by atoms with Gasteiger partial charge in [-0.2, -0.15) is 4.98 Å². The van der Waals surface area contributed by atoms with Crippen molar-refractivity contribution in [3.8, 4) is 34.4 Å². The van der Waals surface area contributed by atoms with Gasteiger partial charge in [0.05, 0.1) is 19.9 Å². The highest BCUT2D eigenvalue weighted by Crippen LogP contribution is 2.38. The van der Waals surface area contributed by atoms with Crippen molar-refractivity contribution in [3.05, 3.63) is 64.1 Å². The third-order valence-corrected chi connectivity index (χ3v) is 5.18. The molecule has 1 aliphatic rings. The van der Waals surface area contributed by atoms with Gasteiger partial charge in [0.25, 0.3) is 0 Å². The van der Waals surface area contributed by atoms with Crippen LogP contribution < -0.4 is 19.9 Å². The maximum atomic E-state index is 12.7. The van der Waals surface area contributed by atoms with Crippen LogP contribution in [0.2, 0.25) is 0 Å². The zero-order valence-electron chi connectivity index (χ0n) is 16.9. The van der Waals surface area contributed by atoms with Gasteiger partial charge in [-0.15, -0.1) is 0 Å². The number of ether oxygens (including phenoxy) is 3. The molecule has 0 bridgehead atoms. The molecule has 3 aromatic rings. The molecule has 6 heteroatoms. The number of fused-ring (bicyclic) bond motifs is 3. The Balaban J connectivity index is 1.79. The number of para-hydroxylation sites is 1. The van der Waals surface area contributed by atoms with Gasteiger partial charge in [0, 0.05) is 18.2 Å². The van der Waals surface area contributed by atoms with Crippen molar-refractivity contribution in [2.75, 3.05) is 14.2 Å². The molecule has 0 saturated heterocycles. The molecule has 0 unspecified atom stereocenters. The summed E-state index contributed by atoms with van der Waals surface area (Å²) in [6, 6.07) is 13.6. The van der Waals surface area contributed by atoms with Gasteiger partial charge in [-0.25, -0.2) is 4.79 Å². The van der Waals surface area contributed by atoms with Crippen molar-refractivity contribution in [3.63, 3.8) is 0 Å². The molecule has 0 amide bonds. The average molecular weight is 392 g/mol. The van der Waals surface area contributed by atoms with Crippen LogP contribution in [0, 0.1) is 0 Å². The zero-order valence-corrected chi connectivity index (χ0v) is 16.9. The lowest BCUT2D eigenvalue weighted by Crippen LogP contribution is -2.28. The fourth-order valence-electron chi connectivity index (χ4n) is 3.77. The molecule has 0 aliphatic carbocycles. The predicted molar refractivity (Wildman–Crippen MR) is 111 cm³/mol. The van der Waals surface area contributed by atoms with Crippen molar-refractivity contribution < 1.29 is 14.2 Å². The Bertz CT molecular complexity index is 1100. The van der Waals surface area contributed by atoms with E-state index >= 15 is 0 Å². The van der Waals surface area contributed by atoms with E-state index in [1.165, 1.54) is 0 Å². The van der Waals surface area contributed by atoms with E-state index in [0.29, 0.717) is 23.9 Å². The molecule has 0 atom stereocenters. The van der Waals surface area contributed by atoms with Crippen LogP contribution >= 0.6 is 0 Å². The lowest BCUT2D eigenvalue weighted by Gasteiger charge is -2.23. The lowest BCUT2D eigenvalue weighted by molar-refractivity contribution is 0.354. The molecule has 0 spiro atoms. The van der Waals surface area contributed by atoms with Crippen molar-refractivity contribution in [1.29, 1.82) is 0 Å². The van der Waals surface area contributed by atoms with Crippen LogP contribution in [0.5, 0.6) is 23.1 Å². The van der Waals surface area contributed by atoms with Gasteiger partial charge in [-0.05, 0) is 42.2 Å². The van der Waals surface area contributed by atoms with Crippen LogP contribution in [-0.4, -0.2) is 23.8 Å². The first-order valence-corrected chi connectivity index (χ1v) is 9.77. The number of aromatic nitrogens is 2. The summed E-state index contributed by atoms with van der Waals surface area (Å²) in [5, 5.41) is 0. The minimum Gasteiger partial charge on any atom is -0.493 e. The quantitative estimate of drug-likeness (QED) is 0.628. The summed E-state index contributed by atoms with van der Waals surface area (Å²) in [6.45, 7) is 2.69. The molecule has 0 fully saturated rings. The van der Waals surface area contributed by atoms with E-state index in [0.717, 1.165) is 47.4 Å². The highest BCUT2D eigenvalue weighted by Gasteiger charge is 2.22. The molecule has 0 radical (unpaired) electrons. The molecule has 1 aliphatic heterocycles. The maximum absolute atomic E-state index is 12.7. The summed E-state index contributed by atoms with van der Waals surface area (Å²) in [5.41, 5.74) is 3.59. The average Bonchev–Trinajstić information content (AvgIpc) is 2.74. The van der Waals surface area contributed by atoms with Crippen LogP contribution in [-0.2, 0) is 19.4 Å². The SMILES string of the molecule is CCCc1ccccc1Oc1cc2n(c(=O)n1)CCc1cc(OC)c(OC)cc1-2. The van der Waals surface area contributed by atoms with E-state index in [2.05, 4.69) is 11.9 Å². The highest BCUT2D eigenvalue weighted by molar-refractivity contribution is 5.70. The molecule has 0 N–H and O–H groups in total. The Morgan fingerprint density at radius 2 is 1.79 bits per heavy atom. The Hall–Kier alpha value is -3.28. The number of methoxy groups -OCH3 is 2. The first-order valence-electron chi connectivity index (χ1n) is 9.77. The first-order chi connectivity index (χ1) is 14.1. The van der Waals surface area contributed by atoms with Gasteiger partial charge in [0.2, 0.25) is 5.88 Å². The van der Waals surface area contributed by atoms with E-state index in [4.69, 9.17) is 14.2 Å². The van der Waals surface area contributed by atoms with Crippen LogP contribution in [0.15, 0.2) is 47.3 Å². The summed E-state index contributed by atoms with van der Waals surface area (Å²) in [5.74, 6) is 2.34. The van der Waals surface area contributed by atoms with Crippen molar-refractivity contribution >= 4 is 0 Å². The van der Waals surface area contributed by atoms with Gasteiger partial charge < -0.3 is 14.2 Å². The van der Waals surface area contributed by atoms with Crippen LogP contribution in [0.4, 0.5) is 0 Å². The second-order valence-electron chi connectivity index (χ2n) is 6.99. The Kier molecular flexibility index (Phi) is 5.25. The van der Waals surface area contributed by atoms with Crippen LogP contribution in [0.1, 0.15) is 24.5 Å². The van der Waals surface area contributed by atoms with E-state index in [1.807, 2.05) is 42.5 Å². The number of benzene rings is 2. The predicted octanol–water partition coefficient (Wildman–Crippen LogP) is 4.23. The maximum Gasteiger partial charge on any atom is 0.351 e. The minimum atomic E-state index is -0.314. The smallest absolute Gasteiger partial charge is 0.351 e. The number of nitrogens with zero attached hydrogens (tertiary/aromatic N) is 2. The van der Waals surface area contributed by atoms with Crippen molar-refractivity contribution in [2.45, 2.75) is 32.7 Å². The first kappa shape index (κ1) is 19.1. The summed E-state index contributed by atoms with van der Waals surface area (Å²) in [6.07, 6.45) is 2.64. The Labute approximate surface area is 169 Å². The summed E-state index contributed by atoms with van der Waals surface area (Å²) >= 11 is 0. The van der Waals surface area contributed by atoms with Gasteiger partial charge in [0.1, 0.15) is 5.75 Å². The number of rotatable bonds is 6. The van der Waals surface area contributed by atoms with Crippen molar-refractivity contribution in [2.24, 2.45) is 0 Å². The lowest BCUT2D eigenvalue weighted by atomic mass is 9.97. The largest absolute Gasteiger partial charge is 0.493 e. The topological polar surface area (TPSA) is 62.6 Å². The van der Waals surface area contributed by atoms with Crippen LogP contribution in [0.25, 0.3) is 11.3 Å².